The van der Waals surface area contributed by atoms with Crippen molar-refractivity contribution in [1.82, 2.24) is 0 Å². The van der Waals surface area contributed by atoms with E-state index in [2.05, 4.69) is 6.92 Å². The molecule has 3 saturated heterocycles. The van der Waals surface area contributed by atoms with Gasteiger partial charge in [0.25, 0.3) is 0 Å². The third-order valence-corrected chi connectivity index (χ3v) is 7.70. The third kappa shape index (κ3) is 1.34. The monoisotopic (exact) mass is 346 g/mol. The van der Waals surface area contributed by atoms with E-state index in [1.165, 1.54) is 0 Å². The second-order valence-corrected chi connectivity index (χ2v) is 9.34. The van der Waals surface area contributed by atoms with Gasteiger partial charge in [0.2, 0.25) is 0 Å². The Morgan fingerprint density at radius 1 is 1.16 bits per heavy atom. The van der Waals surface area contributed by atoms with Crippen molar-refractivity contribution in [2.24, 2.45) is 22.7 Å². The maximum Gasteiger partial charge on any atom is 0.331 e. The summed E-state index contributed by atoms with van der Waals surface area (Å²) in [5.74, 6) is -0.394. The number of hydrogen-bond acceptors (Lipinski definition) is 6. The van der Waals surface area contributed by atoms with E-state index in [4.69, 9.17) is 18.9 Å². The lowest BCUT2D eigenvalue weighted by molar-refractivity contribution is -0.153. The van der Waals surface area contributed by atoms with Crippen LogP contribution in [0.3, 0.4) is 0 Å². The standard InChI is InChI=1S/C19H22O6/c1-7(2)13-19-9(5-10(20)23-13)17(3)6-8-14(22-8)18(4)12(17)11(15(19)25-19)24-16(18)21/h5,7-8,11-15H,6H2,1-4H3/t8-,11-,12+,13+,14-,15+,17+,18+,19+/m0/s1. The van der Waals surface area contributed by atoms with Gasteiger partial charge < -0.3 is 18.9 Å². The summed E-state index contributed by atoms with van der Waals surface area (Å²) in [5.41, 5.74) is -0.649. The first-order valence-corrected chi connectivity index (χ1v) is 9.22. The average Bonchev–Trinajstić information content (AvgIpc) is 3.41. The van der Waals surface area contributed by atoms with Crippen LogP contribution in [-0.4, -0.2) is 48.1 Å². The predicted octanol–water partition coefficient (Wildman–Crippen LogP) is 1.37. The van der Waals surface area contributed by atoms with Crippen LogP contribution in [0.5, 0.6) is 0 Å². The number of hydrogen-bond donors (Lipinski definition) is 0. The van der Waals surface area contributed by atoms with E-state index in [9.17, 15) is 9.59 Å². The summed E-state index contributed by atoms with van der Waals surface area (Å²) in [7, 11) is 0. The van der Waals surface area contributed by atoms with Gasteiger partial charge in [-0.3, -0.25) is 4.79 Å². The van der Waals surface area contributed by atoms with Gasteiger partial charge >= 0.3 is 11.9 Å². The van der Waals surface area contributed by atoms with Gasteiger partial charge in [0.1, 0.15) is 29.8 Å². The molecular weight excluding hydrogens is 324 g/mol. The molecule has 0 unspecified atom stereocenters. The number of epoxide rings is 2. The molecule has 134 valence electrons. The van der Waals surface area contributed by atoms with E-state index >= 15 is 0 Å². The molecule has 0 aromatic heterocycles. The molecule has 2 saturated carbocycles. The Balaban J connectivity index is 1.58. The van der Waals surface area contributed by atoms with Crippen molar-refractivity contribution in [1.29, 1.82) is 0 Å². The molecule has 0 amide bonds. The summed E-state index contributed by atoms with van der Waals surface area (Å²) in [6, 6.07) is 0. The zero-order valence-corrected chi connectivity index (χ0v) is 14.8. The van der Waals surface area contributed by atoms with Gasteiger partial charge in [-0.15, -0.1) is 0 Å². The van der Waals surface area contributed by atoms with Crippen LogP contribution in [0, 0.1) is 22.7 Å². The number of carbonyl (C=O) groups excluding carboxylic acids is 2. The Kier molecular flexibility index (Phi) is 2.25. The molecule has 6 nitrogen and oxygen atoms in total. The van der Waals surface area contributed by atoms with Crippen molar-refractivity contribution in [3.8, 4) is 0 Å². The van der Waals surface area contributed by atoms with Crippen LogP contribution >= 0.6 is 0 Å². The second-order valence-electron chi connectivity index (χ2n) is 9.34. The fraction of sp³-hybridized carbons (Fsp3) is 0.789. The minimum atomic E-state index is -0.657. The molecule has 0 bridgehead atoms. The highest BCUT2D eigenvalue weighted by Crippen LogP contribution is 2.75. The molecule has 25 heavy (non-hydrogen) atoms. The number of esters is 2. The van der Waals surface area contributed by atoms with Crippen LogP contribution in [0.15, 0.2) is 11.6 Å². The highest BCUT2D eigenvalue weighted by Gasteiger charge is 2.86. The maximum atomic E-state index is 12.8. The van der Waals surface area contributed by atoms with Crippen LogP contribution in [0.25, 0.3) is 0 Å². The van der Waals surface area contributed by atoms with E-state index < -0.39 is 11.0 Å². The lowest BCUT2D eigenvalue weighted by Crippen LogP contribution is -2.62. The minimum Gasteiger partial charge on any atom is -0.459 e. The largest absolute Gasteiger partial charge is 0.459 e. The molecule has 0 radical (unpaired) electrons. The quantitative estimate of drug-likeness (QED) is 0.527. The Hall–Kier alpha value is -1.40. The van der Waals surface area contributed by atoms with Crippen molar-refractivity contribution in [2.75, 3.05) is 0 Å². The smallest absolute Gasteiger partial charge is 0.331 e. The molecule has 6 rings (SSSR count). The highest BCUT2D eigenvalue weighted by molar-refractivity contribution is 5.87. The van der Waals surface area contributed by atoms with E-state index in [1.54, 1.807) is 6.08 Å². The van der Waals surface area contributed by atoms with Crippen molar-refractivity contribution < 1.29 is 28.5 Å². The van der Waals surface area contributed by atoms with Crippen molar-refractivity contribution in [2.45, 2.75) is 70.2 Å². The van der Waals surface area contributed by atoms with Gasteiger partial charge in [-0.05, 0) is 24.8 Å². The zero-order valence-electron chi connectivity index (χ0n) is 14.8. The van der Waals surface area contributed by atoms with Crippen molar-refractivity contribution >= 4 is 11.9 Å². The molecule has 5 fully saturated rings. The molecule has 9 atom stereocenters. The summed E-state index contributed by atoms with van der Waals surface area (Å²) in [5, 5.41) is 0. The summed E-state index contributed by atoms with van der Waals surface area (Å²) in [6.07, 6.45) is 1.56. The van der Waals surface area contributed by atoms with Crippen molar-refractivity contribution in [3.05, 3.63) is 11.6 Å². The van der Waals surface area contributed by atoms with Gasteiger partial charge in [0.15, 0.2) is 5.60 Å². The lowest BCUT2D eigenvalue weighted by atomic mass is 9.47. The lowest BCUT2D eigenvalue weighted by Gasteiger charge is -2.52. The van der Waals surface area contributed by atoms with Gasteiger partial charge in [-0.1, -0.05) is 20.8 Å². The highest BCUT2D eigenvalue weighted by atomic mass is 16.7. The first kappa shape index (κ1) is 14.7. The van der Waals surface area contributed by atoms with Gasteiger partial charge in [-0.2, -0.15) is 0 Å². The summed E-state index contributed by atoms with van der Waals surface area (Å²) in [4.78, 5) is 25.2. The number of carbonyl (C=O) groups is 2. The molecule has 6 heteroatoms. The zero-order chi connectivity index (χ0) is 17.5. The number of ether oxygens (including phenoxy) is 4. The average molecular weight is 346 g/mol. The Morgan fingerprint density at radius 3 is 2.64 bits per heavy atom. The number of rotatable bonds is 1. The normalized spacial score (nSPS) is 59.8. The van der Waals surface area contributed by atoms with E-state index in [-0.39, 0.29) is 59.7 Å². The number of fused-ring (bicyclic) bond motifs is 4. The van der Waals surface area contributed by atoms with Crippen LogP contribution in [0.2, 0.25) is 0 Å². The fourth-order valence-corrected chi connectivity index (χ4v) is 6.79. The molecule has 4 heterocycles. The summed E-state index contributed by atoms with van der Waals surface area (Å²) < 4.78 is 23.7. The van der Waals surface area contributed by atoms with E-state index in [0.717, 1.165) is 12.0 Å². The maximum absolute atomic E-state index is 12.8. The molecule has 4 aliphatic heterocycles. The summed E-state index contributed by atoms with van der Waals surface area (Å²) in [6.45, 7) is 8.20. The molecule has 6 aliphatic rings. The molecule has 0 aromatic carbocycles. The molecule has 0 aromatic rings. The minimum absolute atomic E-state index is 0.0261. The molecule has 2 aliphatic carbocycles. The predicted molar refractivity (Wildman–Crippen MR) is 83.3 cm³/mol. The Labute approximate surface area is 145 Å². The van der Waals surface area contributed by atoms with Crippen LogP contribution in [-0.2, 0) is 28.5 Å². The van der Waals surface area contributed by atoms with E-state index in [1.807, 2.05) is 20.8 Å². The first-order chi connectivity index (χ1) is 11.7. The van der Waals surface area contributed by atoms with Gasteiger partial charge in [-0.25, -0.2) is 4.79 Å². The van der Waals surface area contributed by atoms with E-state index in [0.29, 0.717) is 0 Å². The second kappa shape index (κ2) is 3.81. The van der Waals surface area contributed by atoms with Gasteiger partial charge in [0, 0.05) is 17.4 Å². The Morgan fingerprint density at radius 2 is 1.92 bits per heavy atom. The van der Waals surface area contributed by atoms with Gasteiger partial charge in [0.05, 0.1) is 6.10 Å². The van der Waals surface area contributed by atoms with Crippen LogP contribution in [0.1, 0.15) is 34.1 Å². The van der Waals surface area contributed by atoms with Crippen LogP contribution in [0.4, 0.5) is 0 Å². The topological polar surface area (TPSA) is 77.7 Å². The third-order valence-electron chi connectivity index (χ3n) is 7.70. The molecule has 1 spiro atoms. The molecule has 0 N–H and O–H groups in total. The number of cyclic esters (lactones) is 1. The first-order valence-electron chi connectivity index (χ1n) is 9.22. The van der Waals surface area contributed by atoms with Crippen molar-refractivity contribution in [3.63, 3.8) is 0 Å². The summed E-state index contributed by atoms with van der Waals surface area (Å²) >= 11 is 0. The SMILES string of the molecule is CC(C)[C@H]1OC(=O)C=C2[C@@]13O[C@@H]3[C@H]1OC(=O)[C@@]3(C)[C@H]4O[C@H]4C[C@@]2(C)[C@@H]13. The van der Waals surface area contributed by atoms with Crippen LogP contribution < -0.4 is 0 Å². The Bertz CT molecular complexity index is 772. The molecular formula is C19H22O6. The fourth-order valence-electron chi connectivity index (χ4n) is 6.79.